The van der Waals surface area contributed by atoms with Gasteiger partial charge in [0.25, 0.3) is 5.24 Å². The second-order valence-corrected chi connectivity index (χ2v) is 10.5. The van der Waals surface area contributed by atoms with Crippen molar-refractivity contribution in [2.45, 2.75) is 43.9 Å². The molecule has 168 valence electrons. The van der Waals surface area contributed by atoms with Crippen molar-refractivity contribution in [1.82, 2.24) is 4.90 Å². The highest BCUT2D eigenvalue weighted by Crippen LogP contribution is 2.36. The molecule has 2 aromatic carbocycles. The molecule has 5 nitrogen and oxygen atoms in total. The van der Waals surface area contributed by atoms with E-state index in [-0.39, 0.29) is 27.5 Å². The summed E-state index contributed by atoms with van der Waals surface area (Å²) >= 11 is 1.09. The van der Waals surface area contributed by atoms with Gasteiger partial charge in [-0.2, -0.15) is 0 Å². The number of thioether (sulfide) groups is 1. The topological polar surface area (TPSA) is 54.5 Å². The standard InChI is InChI=1S/C26H31N2O3S/c1-19-17-22(25(30)28(2,18-19)16-15-21-11-7-4-8-12-21)27-24(29)23(32-26(27)31)14-13-20-9-5-3-6-10-20/h3-12,19,22-23H,13-18H2,1-2H3/q+1. The molecule has 0 bridgehead atoms. The van der Waals surface area contributed by atoms with Crippen LogP contribution in [0.4, 0.5) is 4.79 Å². The van der Waals surface area contributed by atoms with Crippen LogP contribution in [0.1, 0.15) is 30.9 Å². The molecule has 0 saturated carbocycles. The summed E-state index contributed by atoms with van der Waals surface area (Å²) in [5, 5.41) is -0.675. The lowest BCUT2D eigenvalue weighted by molar-refractivity contribution is -0.842. The Bertz CT molecular complexity index is 981. The van der Waals surface area contributed by atoms with E-state index in [9.17, 15) is 14.4 Å². The molecule has 2 heterocycles. The Kier molecular flexibility index (Phi) is 6.82. The molecule has 32 heavy (non-hydrogen) atoms. The molecule has 0 radical (unpaired) electrons. The zero-order valence-electron chi connectivity index (χ0n) is 18.8. The van der Waals surface area contributed by atoms with E-state index in [2.05, 4.69) is 19.1 Å². The van der Waals surface area contributed by atoms with Gasteiger partial charge in [0.05, 0.1) is 25.4 Å². The number of likely N-dealkylation sites (N-methyl/N-ethyl adjacent to an activating group) is 1. The number of benzene rings is 2. The molecule has 2 fully saturated rings. The highest BCUT2D eigenvalue weighted by Gasteiger charge is 2.53. The van der Waals surface area contributed by atoms with Crippen molar-refractivity contribution in [1.29, 1.82) is 0 Å². The Morgan fingerprint density at radius 3 is 2.16 bits per heavy atom. The summed E-state index contributed by atoms with van der Waals surface area (Å²) < 4.78 is 0.261. The lowest BCUT2D eigenvalue weighted by Gasteiger charge is -2.43. The number of amides is 3. The summed E-state index contributed by atoms with van der Waals surface area (Å²) in [6.07, 6.45) is 2.69. The van der Waals surface area contributed by atoms with Crippen molar-refractivity contribution in [2.75, 3.05) is 20.1 Å². The highest BCUT2D eigenvalue weighted by molar-refractivity contribution is 8.15. The van der Waals surface area contributed by atoms with Crippen LogP contribution in [-0.4, -0.2) is 57.9 Å². The Labute approximate surface area is 194 Å². The summed E-state index contributed by atoms with van der Waals surface area (Å²) in [6, 6.07) is 19.5. The second kappa shape index (κ2) is 9.59. The second-order valence-electron chi connectivity index (χ2n) is 9.34. The normalized spacial score (nSPS) is 28.4. The first-order valence-corrected chi connectivity index (χ1v) is 12.3. The third-order valence-electron chi connectivity index (χ3n) is 6.70. The minimum absolute atomic E-state index is 0.00922. The number of rotatable bonds is 7. The molecule has 4 rings (SSSR count). The van der Waals surface area contributed by atoms with Gasteiger partial charge in [-0.15, -0.1) is 0 Å². The number of carbonyl (C=O) groups is 3. The fourth-order valence-electron chi connectivity index (χ4n) is 5.01. The van der Waals surface area contributed by atoms with Gasteiger partial charge in [-0.05, 0) is 30.4 Å². The van der Waals surface area contributed by atoms with Gasteiger partial charge in [0, 0.05) is 12.3 Å². The molecular weight excluding hydrogens is 420 g/mol. The first-order valence-electron chi connectivity index (χ1n) is 11.4. The van der Waals surface area contributed by atoms with Crippen LogP contribution in [-0.2, 0) is 22.4 Å². The van der Waals surface area contributed by atoms with E-state index < -0.39 is 11.3 Å². The summed E-state index contributed by atoms with van der Waals surface area (Å²) in [5.74, 6) is 0.0514. The van der Waals surface area contributed by atoms with Crippen LogP contribution < -0.4 is 0 Å². The van der Waals surface area contributed by atoms with Gasteiger partial charge in [0.15, 0.2) is 6.04 Å². The number of imide groups is 1. The summed E-state index contributed by atoms with van der Waals surface area (Å²) in [6.45, 7) is 3.52. The van der Waals surface area contributed by atoms with Gasteiger partial charge in [-0.3, -0.25) is 19.0 Å². The van der Waals surface area contributed by atoms with E-state index in [0.29, 0.717) is 19.4 Å². The quantitative estimate of drug-likeness (QED) is 0.589. The first kappa shape index (κ1) is 22.7. The fraction of sp³-hybridized carbons (Fsp3) is 0.423. The Morgan fingerprint density at radius 2 is 1.53 bits per heavy atom. The third-order valence-corrected chi connectivity index (χ3v) is 7.82. The van der Waals surface area contributed by atoms with Crippen molar-refractivity contribution in [3.63, 3.8) is 0 Å². The van der Waals surface area contributed by atoms with E-state index in [1.807, 2.05) is 55.6 Å². The number of carbonyl (C=O) groups excluding carboxylic acids is 3. The van der Waals surface area contributed by atoms with Gasteiger partial charge in [0.1, 0.15) is 0 Å². The van der Waals surface area contributed by atoms with Crippen molar-refractivity contribution in [3.8, 4) is 0 Å². The molecule has 2 aliphatic rings. The van der Waals surface area contributed by atoms with Crippen LogP contribution in [0.5, 0.6) is 0 Å². The predicted molar refractivity (Wildman–Crippen MR) is 127 cm³/mol. The molecule has 6 heteroatoms. The van der Waals surface area contributed by atoms with Crippen LogP contribution in [0.25, 0.3) is 0 Å². The van der Waals surface area contributed by atoms with Crippen LogP contribution in [0.2, 0.25) is 0 Å². The fourth-order valence-corrected chi connectivity index (χ4v) is 6.04. The predicted octanol–water partition coefficient (Wildman–Crippen LogP) is 4.31. The number of nitrogens with zero attached hydrogens (tertiary/aromatic N) is 2. The lowest BCUT2D eigenvalue weighted by atomic mass is 9.91. The molecule has 2 aromatic rings. The maximum atomic E-state index is 13.6. The molecule has 0 aliphatic carbocycles. The third kappa shape index (κ3) is 4.81. The maximum absolute atomic E-state index is 13.6. The van der Waals surface area contributed by atoms with Gasteiger partial charge >= 0.3 is 5.91 Å². The maximum Gasteiger partial charge on any atom is 0.336 e. The van der Waals surface area contributed by atoms with Crippen molar-refractivity contribution in [3.05, 3.63) is 71.8 Å². The van der Waals surface area contributed by atoms with E-state index in [0.717, 1.165) is 36.7 Å². The van der Waals surface area contributed by atoms with Crippen molar-refractivity contribution < 1.29 is 18.9 Å². The largest absolute Gasteiger partial charge is 0.336 e. The molecule has 0 aromatic heterocycles. The molecule has 4 unspecified atom stereocenters. The SMILES string of the molecule is CC1CC(N2C(=O)SC(CCc3ccccc3)C2=O)C(=O)[N+](C)(CCc2ccccc2)C1. The summed E-state index contributed by atoms with van der Waals surface area (Å²) in [5.41, 5.74) is 2.35. The van der Waals surface area contributed by atoms with Crippen LogP contribution in [0, 0.1) is 5.92 Å². The monoisotopic (exact) mass is 451 g/mol. The minimum atomic E-state index is -0.659. The van der Waals surface area contributed by atoms with Gasteiger partial charge in [0.2, 0.25) is 5.91 Å². The molecule has 2 saturated heterocycles. The Morgan fingerprint density at radius 1 is 0.938 bits per heavy atom. The average Bonchev–Trinajstić information content (AvgIpc) is 3.08. The first-order chi connectivity index (χ1) is 15.4. The van der Waals surface area contributed by atoms with E-state index in [4.69, 9.17) is 0 Å². The summed E-state index contributed by atoms with van der Waals surface area (Å²) in [4.78, 5) is 40.9. The lowest BCUT2D eigenvalue weighted by Crippen LogP contribution is -2.65. The number of hydrogen-bond donors (Lipinski definition) is 0. The molecule has 0 N–H and O–H groups in total. The number of likely N-dealkylation sites (tertiary alicyclic amines) is 1. The van der Waals surface area contributed by atoms with E-state index in [1.165, 1.54) is 10.5 Å². The molecule has 3 amide bonds. The molecule has 4 atom stereocenters. The highest BCUT2D eigenvalue weighted by atomic mass is 32.2. The van der Waals surface area contributed by atoms with Crippen LogP contribution >= 0.6 is 11.8 Å². The van der Waals surface area contributed by atoms with Crippen LogP contribution in [0.15, 0.2) is 60.7 Å². The van der Waals surface area contributed by atoms with Gasteiger partial charge in [-0.25, -0.2) is 4.79 Å². The van der Waals surface area contributed by atoms with Crippen LogP contribution in [0.3, 0.4) is 0 Å². The number of aryl methyl sites for hydroxylation is 1. The summed E-state index contributed by atoms with van der Waals surface area (Å²) in [7, 11) is 1.96. The number of quaternary nitrogens is 1. The van der Waals surface area contributed by atoms with Crippen molar-refractivity contribution in [2.24, 2.45) is 5.92 Å². The van der Waals surface area contributed by atoms with Gasteiger partial charge < -0.3 is 0 Å². The van der Waals surface area contributed by atoms with Crippen molar-refractivity contribution >= 4 is 28.8 Å². The Balaban J connectivity index is 1.45. The zero-order chi connectivity index (χ0) is 22.7. The average molecular weight is 452 g/mol. The van der Waals surface area contributed by atoms with E-state index >= 15 is 0 Å². The minimum Gasteiger partial charge on any atom is -0.273 e. The number of piperidine rings is 1. The van der Waals surface area contributed by atoms with E-state index in [1.54, 1.807) is 0 Å². The number of hydrogen-bond acceptors (Lipinski definition) is 4. The smallest absolute Gasteiger partial charge is 0.273 e. The Hall–Kier alpha value is -2.44. The molecule has 2 aliphatic heterocycles. The van der Waals surface area contributed by atoms with Gasteiger partial charge in [-0.1, -0.05) is 79.3 Å². The molecular formula is C26H31N2O3S+. The zero-order valence-corrected chi connectivity index (χ0v) is 19.6. The molecule has 0 spiro atoms.